The first-order chi connectivity index (χ1) is 13.4. The molecule has 28 heavy (non-hydrogen) atoms. The molecule has 0 aliphatic carbocycles. The molecule has 3 rings (SSSR count). The maximum atomic E-state index is 12.4. The summed E-state index contributed by atoms with van der Waals surface area (Å²) >= 11 is 0. The highest BCUT2D eigenvalue weighted by molar-refractivity contribution is 6.02. The molecule has 1 aromatic heterocycles. The first-order valence-electron chi connectivity index (χ1n) is 8.40. The van der Waals surface area contributed by atoms with Gasteiger partial charge in [-0.2, -0.15) is 13.9 Å². The average Bonchev–Trinajstić information content (AvgIpc) is 2.65. The largest absolute Gasteiger partial charge is 0.435 e. The topological polar surface area (TPSA) is 73.2 Å². The predicted molar refractivity (Wildman–Crippen MR) is 99.8 cm³/mol. The molecule has 6 nitrogen and oxygen atoms in total. The molecule has 144 valence electrons. The van der Waals surface area contributed by atoms with E-state index in [1.165, 1.54) is 41.1 Å². The first kappa shape index (κ1) is 19.2. The van der Waals surface area contributed by atoms with Gasteiger partial charge in [-0.25, -0.2) is 4.68 Å². The van der Waals surface area contributed by atoms with Crippen LogP contribution in [0.15, 0.2) is 65.5 Å². The van der Waals surface area contributed by atoms with Crippen LogP contribution in [0, 0.1) is 6.92 Å². The fourth-order valence-electron chi connectivity index (χ4n) is 2.49. The quantitative estimate of drug-likeness (QED) is 0.705. The SMILES string of the molecule is Cc1ccc(Cn2nc(C(=O)Nc3cccc(OC(F)F)c3)ccc2=O)cc1. The van der Waals surface area contributed by atoms with E-state index in [0.717, 1.165) is 11.1 Å². The Hall–Kier alpha value is -3.55. The summed E-state index contributed by atoms with van der Waals surface area (Å²) in [5.41, 5.74) is 1.91. The van der Waals surface area contributed by atoms with Gasteiger partial charge in [-0.1, -0.05) is 35.9 Å². The summed E-state index contributed by atoms with van der Waals surface area (Å²) in [7, 11) is 0. The molecule has 0 saturated carbocycles. The van der Waals surface area contributed by atoms with E-state index in [0.29, 0.717) is 0 Å². The number of carbonyl (C=O) groups is 1. The van der Waals surface area contributed by atoms with Crippen LogP contribution in [0.2, 0.25) is 0 Å². The number of aromatic nitrogens is 2. The molecule has 0 spiro atoms. The number of nitrogens with zero attached hydrogens (tertiary/aromatic N) is 2. The lowest BCUT2D eigenvalue weighted by molar-refractivity contribution is -0.0497. The Morgan fingerprint density at radius 2 is 1.89 bits per heavy atom. The van der Waals surface area contributed by atoms with Crippen molar-refractivity contribution in [2.45, 2.75) is 20.1 Å². The number of rotatable bonds is 6. The summed E-state index contributed by atoms with van der Waals surface area (Å²) < 4.78 is 30.1. The van der Waals surface area contributed by atoms with E-state index in [-0.39, 0.29) is 29.2 Å². The lowest BCUT2D eigenvalue weighted by Crippen LogP contribution is -2.26. The van der Waals surface area contributed by atoms with Crippen molar-refractivity contribution in [1.29, 1.82) is 0 Å². The maximum Gasteiger partial charge on any atom is 0.387 e. The van der Waals surface area contributed by atoms with Crippen molar-refractivity contribution in [3.8, 4) is 5.75 Å². The Labute approximate surface area is 159 Å². The lowest BCUT2D eigenvalue weighted by Gasteiger charge is -2.10. The summed E-state index contributed by atoms with van der Waals surface area (Å²) in [6, 6.07) is 15.8. The average molecular weight is 385 g/mol. The van der Waals surface area contributed by atoms with Crippen molar-refractivity contribution in [3.05, 3.63) is 87.8 Å². The number of hydrogen-bond acceptors (Lipinski definition) is 4. The van der Waals surface area contributed by atoms with Gasteiger partial charge in [-0.05, 0) is 30.7 Å². The van der Waals surface area contributed by atoms with E-state index in [1.807, 2.05) is 31.2 Å². The Morgan fingerprint density at radius 1 is 1.14 bits per heavy atom. The van der Waals surface area contributed by atoms with E-state index in [4.69, 9.17) is 0 Å². The minimum absolute atomic E-state index is 0.0203. The van der Waals surface area contributed by atoms with Crippen LogP contribution in [0.25, 0.3) is 0 Å². The molecule has 1 N–H and O–H groups in total. The number of alkyl halides is 2. The Balaban J connectivity index is 1.77. The zero-order valence-corrected chi connectivity index (χ0v) is 14.9. The highest BCUT2D eigenvalue weighted by Crippen LogP contribution is 2.19. The number of aryl methyl sites for hydroxylation is 1. The van der Waals surface area contributed by atoms with Crippen LogP contribution >= 0.6 is 0 Å². The molecule has 2 aromatic carbocycles. The fourth-order valence-corrected chi connectivity index (χ4v) is 2.49. The lowest BCUT2D eigenvalue weighted by atomic mass is 10.1. The monoisotopic (exact) mass is 385 g/mol. The van der Waals surface area contributed by atoms with Gasteiger partial charge in [-0.3, -0.25) is 9.59 Å². The molecular formula is C20H17F2N3O3. The van der Waals surface area contributed by atoms with E-state index >= 15 is 0 Å². The summed E-state index contributed by atoms with van der Waals surface area (Å²) in [6.07, 6.45) is 0. The normalized spacial score (nSPS) is 10.7. The molecule has 1 amide bonds. The third-order valence-electron chi connectivity index (χ3n) is 3.87. The number of halogens is 2. The van der Waals surface area contributed by atoms with Crippen LogP contribution in [0.4, 0.5) is 14.5 Å². The van der Waals surface area contributed by atoms with Crippen LogP contribution < -0.4 is 15.6 Å². The molecule has 0 fully saturated rings. The van der Waals surface area contributed by atoms with Crippen molar-refractivity contribution in [2.24, 2.45) is 0 Å². The van der Waals surface area contributed by atoms with Gasteiger partial charge in [-0.15, -0.1) is 0 Å². The van der Waals surface area contributed by atoms with Gasteiger partial charge in [0, 0.05) is 17.8 Å². The maximum absolute atomic E-state index is 12.4. The number of carbonyl (C=O) groups excluding carboxylic acids is 1. The molecule has 0 saturated heterocycles. The molecule has 1 heterocycles. The second kappa shape index (κ2) is 8.43. The van der Waals surface area contributed by atoms with Crippen molar-refractivity contribution >= 4 is 11.6 Å². The third kappa shape index (κ3) is 5.00. The number of anilines is 1. The standard InChI is InChI=1S/C20H17F2N3O3/c1-13-5-7-14(8-6-13)12-25-18(26)10-9-17(24-25)19(27)23-15-3-2-4-16(11-15)28-20(21)22/h2-11,20H,12H2,1H3,(H,23,27). The molecule has 0 atom stereocenters. The highest BCUT2D eigenvalue weighted by Gasteiger charge is 2.12. The van der Waals surface area contributed by atoms with Crippen molar-refractivity contribution < 1.29 is 18.3 Å². The highest BCUT2D eigenvalue weighted by atomic mass is 19.3. The molecule has 3 aromatic rings. The second-order valence-electron chi connectivity index (χ2n) is 6.06. The van der Waals surface area contributed by atoms with Crippen molar-refractivity contribution in [1.82, 2.24) is 9.78 Å². The van der Waals surface area contributed by atoms with E-state index < -0.39 is 12.5 Å². The molecule has 8 heteroatoms. The van der Waals surface area contributed by atoms with Gasteiger partial charge in [0.15, 0.2) is 0 Å². The molecule has 0 radical (unpaired) electrons. The zero-order valence-electron chi connectivity index (χ0n) is 14.9. The fraction of sp³-hybridized carbons (Fsp3) is 0.150. The van der Waals surface area contributed by atoms with Crippen LogP contribution in [-0.2, 0) is 6.54 Å². The van der Waals surface area contributed by atoms with Crippen LogP contribution in [0.1, 0.15) is 21.6 Å². The van der Waals surface area contributed by atoms with Crippen molar-refractivity contribution in [3.63, 3.8) is 0 Å². The Morgan fingerprint density at radius 3 is 2.61 bits per heavy atom. The van der Waals surface area contributed by atoms with Crippen LogP contribution in [0.5, 0.6) is 5.75 Å². The number of ether oxygens (including phenoxy) is 1. The molecule has 0 bridgehead atoms. The number of hydrogen-bond donors (Lipinski definition) is 1. The van der Waals surface area contributed by atoms with Crippen LogP contribution in [-0.4, -0.2) is 22.3 Å². The van der Waals surface area contributed by atoms with Crippen LogP contribution in [0.3, 0.4) is 0 Å². The van der Waals surface area contributed by atoms with Gasteiger partial charge < -0.3 is 10.1 Å². The van der Waals surface area contributed by atoms with Gasteiger partial charge in [0.1, 0.15) is 11.4 Å². The summed E-state index contributed by atoms with van der Waals surface area (Å²) in [5.74, 6) is -0.656. The predicted octanol–water partition coefficient (Wildman–Crippen LogP) is 3.45. The van der Waals surface area contributed by atoms with Gasteiger partial charge in [0.25, 0.3) is 11.5 Å². The summed E-state index contributed by atoms with van der Waals surface area (Å²) in [4.78, 5) is 24.5. The smallest absolute Gasteiger partial charge is 0.387 e. The Kier molecular flexibility index (Phi) is 5.78. The van der Waals surface area contributed by atoms with E-state index in [9.17, 15) is 18.4 Å². The molecule has 0 unspecified atom stereocenters. The van der Waals surface area contributed by atoms with E-state index in [2.05, 4.69) is 15.2 Å². The van der Waals surface area contributed by atoms with Gasteiger partial charge in [0.2, 0.25) is 0 Å². The zero-order chi connectivity index (χ0) is 20.1. The molecule has 0 aliphatic rings. The third-order valence-corrected chi connectivity index (χ3v) is 3.87. The first-order valence-corrected chi connectivity index (χ1v) is 8.40. The van der Waals surface area contributed by atoms with E-state index in [1.54, 1.807) is 0 Å². The number of nitrogens with one attached hydrogen (secondary N) is 1. The molecule has 0 aliphatic heterocycles. The van der Waals surface area contributed by atoms with Crippen molar-refractivity contribution in [2.75, 3.05) is 5.32 Å². The summed E-state index contributed by atoms with van der Waals surface area (Å²) in [5, 5.41) is 6.65. The number of benzene rings is 2. The minimum Gasteiger partial charge on any atom is -0.435 e. The summed E-state index contributed by atoms with van der Waals surface area (Å²) in [6.45, 7) is -0.781. The second-order valence-corrected chi connectivity index (χ2v) is 6.06. The Bertz CT molecular complexity index is 1030. The molecular weight excluding hydrogens is 368 g/mol. The van der Waals surface area contributed by atoms with Gasteiger partial charge in [0.05, 0.1) is 6.54 Å². The van der Waals surface area contributed by atoms with Gasteiger partial charge >= 0.3 is 6.61 Å². The number of amides is 1. The minimum atomic E-state index is -2.96.